The molecule has 0 aromatic carbocycles. The highest BCUT2D eigenvalue weighted by molar-refractivity contribution is 5.91. The first-order chi connectivity index (χ1) is 9.31. The van der Waals surface area contributed by atoms with Crippen LogP contribution in [0.5, 0.6) is 0 Å². The van der Waals surface area contributed by atoms with Gasteiger partial charge in [0, 0.05) is 6.42 Å². The molecule has 0 spiro atoms. The van der Waals surface area contributed by atoms with Crippen molar-refractivity contribution in [3.63, 3.8) is 0 Å². The van der Waals surface area contributed by atoms with Gasteiger partial charge in [-0.1, -0.05) is 20.8 Å². The van der Waals surface area contributed by atoms with Crippen molar-refractivity contribution in [1.82, 2.24) is 10.6 Å². The molecule has 0 saturated heterocycles. The van der Waals surface area contributed by atoms with Crippen molar-refractivity contribution in [2.24, 2.45) is 17.4 Å². The van der Waals surface area contributed by atoms with Gasteiger partial charge in [-0.25, -0.2) is 0 Å². The lowest BCUT2D eigenvalue weighted by Gasteiger charge is -2.22. The first kappa shape index (κ1) is 18.4. The van der Waals surface area contributed by atoms with Crippen LogP contribution in [0.3, 0.4) is 0 Å². The van der Waals surface area contributed by atoms with Crippen LogP contribution in [0.25, 0.3) is 0 Å². The Bertz CT molecular complexity index is 345. The van der Waals surface area contributed by atoms with Crippen molar-refractivity contribution < 1.29 is 14.4 Å². The molecule has 7 heteroatoms. The van der Waals surface area contributed by atoms with Crippen LogP contribution in [-0.4, -0.2) is 36.3 Å². The van der Waals surface area contributed by atoms with Crippen molar-refractivity contribution in [2.75, 3.05) is 6.54 Å². The third-order valence-electron chi connectivity index (χ3n) is 2.80. The minimum Gasteiger partial charge on any atom is -0.368 e. The normalized spacial score (nSPS) is 13.7. The lowest BCUT2D eigenvalue weighted by molar-refractivity contribution is -0.131. The number of hydrogen-bond donors (Lipinski definition) is 4. The quantitative estimate of drug-likeness (QED) is 0.444. The van der Waals surface area contributed by atoms with Crippen LogP contribution in [0, 0.1) is 5.92 Å². The van der Waals surface area contributed by atoms with E-state index in [4.69, 9.17) is 11.5 Å². The van der Waals surface area contributed by atoms with Crippen molar-refractivity contribution in [3.05, 3.63) is 0 Å². The van der Waals surface area contributed by atoms with E-state index in [1.807, 2.05) is 13.8 Å². The molecule has 116 valence electrons. The molecule has 0 aliphatic heterocycles. The molecule has 3 amide bonds. The van der Waals surface area contributed by atoms with Crippen LogP contribution in [0.1, 0.15) is 40.0 Å². The molecule has 20 heavy (non-hydrogen) atoms. The molecular weight excluding hydrogens is 260 g/mol. The van der Waals surface area contributed by atoms with E-state index in [2.05, 4.69) is 10.6 Å². The summed E-state index contributed by atoms with van der Waals surface area (Å²) in [4.78, 5) is 34.8. The molecule has 7 nitrogen and oxygen atoms in total. The largest absolute Gasteiger partial charge is 0.368 e. The van der Waals surface area contributed by atoms with Gasteiger partial charge < -0.3 is 22.1 Å². The molecule has 0 unspecified atom stereocenters. The van der Waals surface area contributed by atoms with Crippen LogP contribution in [0.2, 0.25) is 0 Å². The van der Waals surface area contributed by atoms with Gasteiger partial charge in [-0.15, -0.1) is 0 Å². The van der Waals surface area contributed by atoms with Gasteiger partial charge in [-0.3, -0.25) is 14.4 Å². The van der Waals surface area contributed by atoms with Crippen LogP contribution < -0.4 is 22.1 Å². The predicted molar refractivity (Wildman–Crippen MR) is 76.5 cm³/mol. The summed E-state index contributed by atoms with van der Waals surface area (Å²) in [5, 5.41) is 5.19. The summed E-state index contributed by atoms with van der Waals surface area (Å²) in [6.45, 7) is 5.85. The minimum absolute atomic E-state index is 0.208. The van der Waals surface area contributed by atoms with Crippen molar-refractivity contribution in [1.29, 1.82) is 0 Å². The molecular formula is C13H26N4O3. The number of carbonyl (C=O) groups is 3. The van der Waals surface area contributed by atoms with Crippen LogP contribution in [0.4, 0.5) is 0 Å². The molecule has 0 aliphatic rings. The number of rotatable bonds is 9. The second kappa shape index (κ2) is 9.30. The highest BCUT2D eigenvalue weighted by atomic mass is 16.2. The van der Waals surface area contributed by atoms with Crippen LogP contribution in [-0.2, 0) is 14.4 Å². The second-order valence-electron chi connectivity index (χ2n) is 5.14. The summed E-state index contributed by atoms with van der Waals surface area (Å²) in [6.07, 6.45) is 1.06. The van der Waals surface area contributed by atoms with Gasteiger partial charge >= 0.3 is 0 Å². The van der Waals surface area contributed by atoms with E-state index >= 15 is 0 Å². The number of primary amides is 1. The molecule has 0 saturated carbocycles. The Morgan fingerprint density at radius 3 is 2.10 bits per heavy atom. The van der Waals surface area contributed by atoms with Gasteiger partial charge in [-0.2, -0.15) is 0 Å². The summed E-state index contributed by atoms with van der Waals surface area (Å²) in [5.74, 6) is -1.02. The Morgan fingerprint density at radius 1 is 1.10 bits per heavy atom. The Kier molecular flexibility index (Phi) is 8.54. The average Bonchev–Trinajstić information content (AvgIpc) is 2.36. The number of nitrogens with two attached hydrogens (primary N) is 2. The van der Waals surface area contributed by atoms with Gasteiger partial charge in [0.2, 0.25) is 17.7 Å². The molecule has 0 heterocycles. The Hall–Kier alpha value is -1.63. The first-order valence-electron chi connectivity index (χ1n) is 6.90. The van der Waals surface area contributed by atoms with Crippen LogP contribution in [0.15, 0.2) is 0 Å². The molecule has 0 rings (SSSR count). The SMILES string of the molecule is CCC(=O)N[C@H](CC(C)C)C(=O)N[C@@H](CCN)C(N)=O. The molecule has 6 N–H and O–H groups in total. The number of amides is 3. The van der Waals surface area contributed by atoms with Crippen LogP contribution >= 0.6 is 0 Å². The van der Waals surface area contributed by atoms with Crippen molar-refractivity contribution in [3.8, 4) is 0 Å². The van der Waals surface area contributed by atoms with E-state index in [1.165, 1.54) is 0 Å². The zero-order chi connectivity index (χ0) is 15.7. The topological polar surface area (TPSA) is 127 Å². The summed E-state index contributed by atoms with van der Waals surface area (Å²) < 4.78 is 0. The van der Waals surface area contributed by atoms with Gasteiger partial charge in [0.15, 0.2) is 0 Å². The molecule has 0 radical (unpaired) electrons. The predicted octanol–water partition coefficient (Wildman–Crippen LogP) is -0.754. The van der Waals surface area contributed by atoms with E-state index in [9.17, 15) is 14.4 Å². The summed E-state index contributed by atoms with van der Waals surface area (Å²) in [5.41, 5.74) is 10.6. The van der Waals surface area contributed by atoms with Gasteiger partial charge in [0.1, 0.15) is 12.1 Å². The van der Waals surface area contributed by atoms with Crippen molar-refractivity contribution >= 4 is 17.7 Å². The molecule has 0 bridgehead atoms. The smallest absolute Gasteiger partial charge is 0.243 e. The summed E-state index contributed by atoms with van der Waals surface area (Å²) in [7, 11) is 0. The Morgan fingerprint density at radius 2 is 1.70 bits per heavy atom. The zero-order valence-electron chi connectivity index (χ0n) is 12.4. The molecule has 2 atom stereocenters. The average molecular weight is 286 g/mol. The van der Waals surface area contributed by atoms with E-state index in [0.29, 0.717) is 12.8 Å². The van der Waals surface area contributed by atoms with E-state index in [0.717, 1.165) is 0 Å². The fourth-order valence-corrected chi connectivity index (χ4v) is 1.72. The number of nitrogens with one attached hydrogen (secondary N) is 2. The zero-order valence-corrected chi connectivity index (χ0v) is 12.4. The fraction of sp³-hybridized carbons (Fsp3) is 0.769. The maximum absolute atomic E-state index is 12.1. The van der Waals surface area contributed by atoms with E-state index in [1.54, 1.807) is 6.92 Å². The van der Waals surface area contributed by atoms with Gasteiger partial charge in [0.05, 0.1) is 0 Å². The third kappa shape index (κ3) is 7.08. The highest BCUT2D eigenvalue weighted by Crippen LogP contribution is 2.06. The number of carbonyl (C=O) groups excluding carboxylic acids is 3. The lowest BCUT2D eigenvalue weighted by Crippen LogP contribution is -2.53. The summed E-state index contributed by atoms with van der Waals surface area (Å²) >= 11 is 0. The second-order valence-corrected chi connectivity index (χ2v) is 5.14. The highest BCUT2D eigenvalue weighted by Gasteiger charge is 2.25. The minimum atomic E-state index is -0.805. The fourth-order valence-electron chi connectivity index (χ4n) is 1.72. The number of hydrogen-bond acceptors (Lipinski definition) is 4. The van der Waals surface area contributed by atoms with Gasteiger partial charge in [0.25, 0.3) is 0 Å². The summed E-state index contributed by atoms with van der Waals surface area (Å²) in [6, 6.07) is -1.47. The maximum atomic E-state index is 12.1. The first-order valence-corrected chi connectivity index (χ1v) is 6.90. The molecule has 0 fully saturated rings. The monoisotopic (exact) mass is 286 g/mol. The molecule has 0 aromatic rings. The maximum Gasteiger partial charge on any atom is 0.243 e. The Labute approximate surface area is 119 Å². The van der Waals surface area contributed by atoms with Crippen molar-refractivity contribution in [2.45, 2.75) is 52.1 Å². The van der Waals surface area contributed by atoms with E-state index < -0.39 is 23.9 Å². The third-order valence-corrected chi connectivity index (χ3v) is 2.80. The van der Waals surface area contributed by atoms with E-state index in [-0.39, 0.29) is 24.8 Å². The lowest BCUT2D eigenvalue weighted by atomic mass is 10.0. The molecule has 0 aromatic heterocycles. The Balaban J connectivity index is 4.74. The molecule has 0 aliphatic carbocycles. The standard InChI is InChI=1S/C13H26N4O3/c1-4-11(18)16-10(7-8(2)3)13(20)17-9(5-6-14)12(15)19/h8-10H,4-7,14H2,1-3H3,(H2,15,19)(H,16,18)(H,17,20)/t9-,10+/m0/s1. The van der Waals surface area contributed by atoms with Gasteiger partial charge in [-0.05, 0) is 25.3 Å².